The number of rotatable bonds is 8. The maximum atomic E-state index is 13.6. The molecule has 3 aromatic carbocycles. The molecule has 0 unspecified atom stereocenters. The van der Waals surface area contributed by atoms with Gasteiger partial charge in [-0.15, -0.1) is 0 Å². The van der Waals surface area contributed by atoms with E-state index in [0.29, 0.717) is 26.1 Å². The number of hydrogen-bond acceptors (Lipinski definition) is 5. The van der Waals surface area contributed by atoms with Gasteiger partial charge in [0.15, 0.2) is 5.76 Å². The van der Waals surface area contributed by atoms with Gasteiger partial charge in [0.2, 0.25) is 6.29 Å². The molecule has 1 saturated heterocycles. The number of halogens is 1. The summed E-state index contributed by atoms with van der Waals surface area (Å²) in [5.41, 5.74) is 3.95. The van der Waals surface area contributed by atoms with Crippen LogP contribution in [0.3, 0.4) is 0 Å². The summed E-state index contributed by atoms with van der Waals surface area (Å²) in [5, 5.41) is 9.27. The van der Waals surface area contributed by atoms with Crippen molar-refractivity contribution < 1.29 is 23.8 Å². The molecule has 0 bridgehead atoms. The second-order valence-corrected chi connectivity index (χ2v) is 9.81. The van der Waals surface area contributed by atoms with E-state index >= 15 is 0 Å². The van der Waals surface area contributed by atoms with Crippen molar-refractivity contribution in [2.75, 3.05) is 26.2 Å². The molecule has 2 atom stereocenters. The summed E-state index contributed by atoms with van der Waals surface area (Å²) in [7, 11) is 0. The lowest BCUT2D eigenvalue weighted by Gasteiger charge is -2.36. The van der Waals surface area contributed by atoms with Crippen molar-refractivity contribution in [1.82, 2.24) is 9.80 Å². The largest absolute Gasteiger partial charge is 0.459 e. The molecule has 2 aliphatic heterocycles. The summed E-state index contributed by atoms with van der Waals surface area (Å²) in [6.07, 6.45) is 1.75. The topological polar surface area (TPSA) is 62.2 Å². The molecule has 38 heavy (non-hydrogen) atoms. The van der Waals surface area contributed by atoms with Gasteiger partial charge in [-0.25, -0.2) is 4.39 Å². The number of hydrogen-bond donors (Lipinski definition) is 1. The summed E-state index contributed by atoms with van der Waals surface area (Å²) in [5.74, 6) is -0.294. The second-order valence-electron chi connectivity index (χ2n) is 9.81. The van der Waals surface area contributed by atoms with E-state index in [2.05, 4.69) is 17.0 Å². The van der Waals surface area contributed by atoms with Crippen LogP contribution < -0.4 is 0 Å². The normalized spacial score (nSPS) is 20.1. The first-order valence-corrected chi connectivity index (χ1v) is 13.1. The fraction of sp³-hybridized carbons (Fsp3) is 0.323. The molecule has 0 spiro atoms. The van der Waals surface area contributed by atoms with Crippen LogP contribution >= 0.6 is 0 Å². The number of aliphatic hydroxyl groups is 1. The molecule has 7 heteroatoms. The highest BCUT2D eigenvalue weighted by molar-refractivity contribution is 5.92. The summed E-state index contributed by atoms with van der Waals surface area (Å²) >= 11 is 0. The minimum absolute atomic E-state index is 0.0109. The number of benzene rings is 3. The fourth-order valence-corrected chi connectivity index (χ4v) is 4.89. The molecular weight excluding hydrogens is 483 g/mol. The maximum Gasteiger partial charge on any atom is 0.288 e. The second kappa shape index (κ2) is 12.3. The predicted octanol–water partition coefficient (Wildman–Crippen LogP) is 4.59. The zero-order chi connectivity index (χ0) is 26.3. The molecule has 3 aromatic rings. The number of aliphatic hydroxyl groups excluding tert-OH is 1. The summed E-state index contributed by atoms with van der Waals surface area (Å²) < 4.78 is 25.7. The lowest BCUT2D eigenvalue weighted by Crippen LogP contribution is -2.49. The van der Waals surface area contributed by atoms with Gasteiger partial charge in [0.05, 0.1) is 13.2 Å². The fourth-order valence-electron chi connectivity index (χ4n) is 4.89. The molecule has 6 nitrogen and oxygen atoms in total. The predicted molar refractivity (Wildman–Crippen MR) is 142 cm³/mol. The Balaban J connectivity index is 1.25. The van der Waals surface area contributed by atoms with Crippen molar-refractivity contribution in [3.8, 4) is 0 Å². The van der Waals surface area contributed by atoms with Gasteiger partial charge in [0.1, 0.15) is 5.82 Å². The number of amides is 1. The minimum Gasteiger partial charge on any atom is -0.459 e. The molecule has 1 N–H and O–H groups in total. The molecular formula is C31H33FN2O4. The molecule has 0 aliphatic carbocycles. The number of nitrogens with zero attached hydrogens (tertiary/aromatic N) is 2. The summed E-state index contributed by atoms with van der Waals surface area (Å²) in [4.78, 5) is 17.7. The van der Waals surface area contributed by atoms with Gasteiger partial charge in [0.25, 0.3) is 5.91 Å². The Labute approximate surface area is 222 Å². The molecule has 198 valence electrons. The van der Waals surface area contributed by atoms with Crippen molar-refractivity contribution >= 4 is 5.91 Å². The lowest BCUT2D eigenvalue weighted by molar-refractivity contribution is -0.157. The first-order valence-electron chi connectivity index (χ1n) is 13.1. The van der Waals surface area contributed by atoms with Crippen molar-refractivity contribution in [1.29, 1.82) is 0 Å². The van der Waals surface area contributed by atoms with Gasteiger partial charge in [-0.3, -0.25) is 9.69 Å². The monoisotopic (exact) mass is 516 g/mol. The van der Waals surface area contributed by atoms with Crippen LogP contribution in [-0.2, 0) is 34.0 Å². The third kappa shape index (κ3) is 6.67. The molecule has 0 radical (unpaired) electrons. The summed E-state index contributed by atoms with van der Waals surface area (Å²) in [6.45, 7) is 3.99. The van der Waals surface area contributed by atoms with Crippen LogP contribution in [0.15, 0.2) is 90.7 Å². The number of carbonyl (C=O) groups excluding carboxylic acids is 1. The first kappa shape index (κ1) is 26.1. The average Bonchev–Trinajstić information content (AvgIpc) is 2.97. The van der Waals surface area contributed by atoms with Gasteiger partial charge < -0.3 is 19.5 Å². The molecule has 2 heterocycles. The molecule has 1 fully saturated rings. The zero-order valence-corrected chi connectivity index (χ0v) is 21.3. The van der Waals surface area contributed by atoms with Crippen LogP contribution in [-0.4, -0.2) is 53.3 Å². The molecule has 0 saturated carbocycles. The van der Waals surface area contributed by atoms with Crippen LogP contribution in [0.1, 0.15) is 34.6 Å². The molecule has 2 aliphatic rings. The van der Waals surface area contributed by atoms with Gasteiger partial charge in [0, 0.05) is 45.1 Å². The number of carbonyl (C=O) groups is 1. The standard InChI is InChI=1S/C31H33FN2O4/c32-28-12-10-26(11-13-28)27-18-29(38-30(19-27)37-22-25-8-6-24(21-35)7-9-25)31(36)34-16-14-33(15-17-34)20-23-4-2-1-3-5-23/h1-13,18,27,30,35H,14-17,19-22H2/t27-,30+/m1/s1. The first-order chi connectivity index (χ1) is 18.6. The third-order valence-corrected chi connectivity index (χ3v) is 7.12. The number of ether oxygens (including phenoxy) is 2. The van der Waals surface area contributed by atoms with Gasteiger partial charge >= 0.3 is 0 Å². The lowest BCUT2D eigenvalue weighted by atomic mass is 9.92. The van der Waals surface area contributed by atoms with Crippen molar-refractivity contribution in [2.24, 2.45) is 0 Å². The van der Waals surface area contributed by atoms with Crippen LogP contribution in [0.2, 0.25) is 0 Å². The Morgan fingerprint density at radius 1 is 0.895 bits per heavy atom. The minimum atomic E-state index is -0.620. The van der Waals surface area contributed by atoms with Gasteiger partial charge in [-0.2, -0.15) is 0 Å². The van der Waals surface area contributed by atoms with E-state index in [0.717, 1.165) is 36.3 Å². The highest BCUT2D eigenvalue weighted by Gasteiger charge is 2.32. The Morgan fingerprint density at radius 2 is 1.58 bits per heavy atom. The van der Waals surface area contributed by atoms with E-state index in [9.17, 15) is 14.3 Å². The van der Waals surface area contributed by atoms with Gasteiger partial charge in [-0.05, 0) is 40.5 Å². The molecule has 5 rings (SSSR count). The van der Waals surface area contributed by atoms with E-state index < -0.39 is 6.29 Å². The van der Waals surface area contributed by atoms with Crippen molar-refractivity contribution in [3.05, 3.63) is 119 Å². The van der Waals surface area contributed by atoms with E-state index in [4.69, 9.17) is 9.47 Å². The molecule has 1 amide bonds. The highest BCUT2D eigenvalue weighted by atomic mass is 19.1. The van der Waals surface area contributed by atoms with Gasteiger partial charge in [-0.1, -0.05) is 66.7 Å². The number of allylic oxidation sites excluding steroid dienone is 1. The van der Waals surface area contributed by atoms with E-state index in [1.54, 1.807) is 12.1 Å². The maximum absolute atomic E-state index is 13.6. The van der Waals surface area contributed by atoms with Crippen LogP contribution in [0.4, 0.5) is 4.39 Å². The SMILES string of the molecule is O=C(C1=C[C@@H](c2ccc(F)cc2)C[C@@H](OCc2ccc(CO)cc2)O1)N1CCN(Cc2ccccc2)CC1. The van der Waals surface area contributed by atoms with Crippen LogP contribution in [0.25, 0.3) is 0 Å². The number of piperazine rings is 1. The Morgan fingerprint density at radius 3 is 2.26 bits per heavy atom. The van der Waals surface area contributed by atoms with Crippen LogP contribution in [0, 0.1) is 5.82 Å². The van der Waals surface area contributed by atoms with Crippen molar-refractivity contribution in [2.45, 2.75) is 38.4 Å². The van der Waals surface area contributed by atoms with Crippen LogP contribution in [0.5, 0.6) is 0 Å². The highest BCUT2D eigenvalue weighted by Crippen LogP contribution is 2.33. The third-order valence-electron chi connectivity index (χ3n) is 7.12. The zero-order valence-electron chi connectivity index (χ0n) is 21.3. The Hall–Kier alpha value is -3.52. The quantitative estimate of drug-likeness (QED) is 0.475. The Bertz CT molecular complexity index is 1220. The van der Waals surface area contributed by atoms with E-state index in [1.807, 2.05) is 53.4 Å². The van der Waals surface area contributed by atoms with Crippen molar-refractivity contribution in [3.63, 3.8) is 0 Å². The average molecular weight is 517 g/mol. The molecule has 0 aromatic heterocycles. The Kier molecular flexibility index (Phi) is 8.48. The smallest absolute Gasteiger partial charge is 0.288 e. The summed E-state index contributed by atoms with van der Waals surface area (Å²) in [6, 6.07) is 24.2. The van der Waals surface area contributed by atoms with E-state index in [-0.39, 0.29) is 30.0 Å². The van der Waals surface area contributed by atoms with E-state index in [1.165, 1.54) is 17.7 Å².